The average molecular weight is 285 g/mol. The molecule has 0 aromatic carbocycles. The van der Waals surface area contributed by atoms with Crippen molar-refractivity contribution < 1.29 is 9.53 Å². The molecule has 19 heavy (non-hydrogen) atoms. The number of halogens is 1. The number of ether oxygens (including phenoxy) is 1. The first-order valence-corrected chi connectivity index (χ1v) is 6.56. The number of methoxy groups -OCH3 is 1. The Bertz CT molecular complexity index is 615. The highest BCUT2D eigenvalue weighted by Crippen LogP contribution is 2.26. The van der Waals surface area contributed by atoms with Gasteiger partial charge in [-0.15, -0.1) is 11.6 Å². The van der Waals surface area contributed by atoms with E-state index < -0.39 is 0 Å². The van der Waals surface area contributed by atoms with Crippen LogP contribution >= 0.6 is 11.6 Å². The lowest BCUT2D eigenvalue weighted by atomic mass is 10.3. The van der Waals surface area contributed by atoms with Crippen molar-refractivity contribution in [2.75, 3.05) is 7.11 Å². The zero-order valence-electron chi connectivity index (χ0n) is 11.5. The molecule has 2 rings (SSSR count). The summed E-state index contributed by atoms with van der Waals surface area (Å²) in [6, 6.07) is 0. The number of nitrogens with zero attached hydrogens (tertiary/aromatic N) is 4. The number of aromatic nitrogens is 4. The summed E-state index contributed by atoms with van der Waals surface area (Å²) in [6.07, 6.45) is 0.780. The van der Waals surface area contributed by atoms with Crippen molar-refractivity contribution in [1.82, 2.24) is 19.3 Å². The highest BCUT2D eigenvalue weighted by atomic mass is 35.5. The Morgan fingerprint density at radius 3 is 2.74 bits per heavy atom. The van der Waals surface area contributed by atoms with E-state index in [2.05, 4.69) is 10.1 Å². The fourth-order valence-electron chi connectivity index (χ4n) is 2.15. The lowest BCUT2D eigenvalue weighted by Crippen LogP contribution is -2.16. The molecule has 0 saturated carbocycles. The van der Waals surface area contributed by atoms with Crippen LogP contribution in [0.25, 0.3) is 11.2 Å². The summed E-state index contributed by atoms with van der Waals surface area (Å²) in [5.74, 6) is 0.321. The molecule has 1 atom stereocenters. The molecule has 0 fully saturated rings. The van der Waals surface area contributed by atoms with Crippen LogP contribution < -0.4 is 0 Å². The normalized spacial score (nSPS) is 12.9. The first kappa shape index (κ1) is 13.9. The Hall–Kier alpha value is -1.56. The van der Waals surface area contributed by atoms with Gasteiger partial charge < -0.3 is 9.30 Å². The molecule has 104 valence electrons. The van der Waals surface area contributed by atoms with E-state index in [0.29, 0.717) is 5.82 Å². The molecule has 0 aliphatic heterocycles. The van der Waals surface area contributed by atoms with Gasteiger partial charge in [0, 0.05) is 7.05 Å². The van der Waals surface area contributed by atoms with Crippen LogP contribution in [0.3, 0.4) is 0 Å². The molecule has 0 spiro atoms. The topological polar surface area (TPSA) is 61.9 Å². The summed E-state index contributed by atoms with van der Waals surface area (Å²) in [7, 11) is 3.20. The minimum absolute atomic E-state index is 0.0854. The number of aryl methyl sites for hydroxylation is 2. The van der Waals surface area contributed by atoms with E-state index in [9.17, 15) is 4.79 Å². The molecular formula is C12H17ClN4O2. The molecule has 0 N–H and O–H groups in total. The van der Waals surface area contributed by atoms with Gasteiger partial charge in [-0.05, 0) is 13.3 Å². The van der Waals surface area contributed by atoms with Gasteiger partial charge >= 0.3 is 5.97 Å². The number of hydrogen-bond acceptors (Lipinski definition) is 4. The Labute approximate surface area is 116 Å². The molecular weight excluding hydrogens is 268 g/mol. The van der Waals surface area contributed by atoms with Gasteiger partial charge in [-0.25, -0.2) is 4.98 Å². The summed E-state index contributed by atoms with van der Waals surface area (Å²) in [5, 5.41) is 4.11. The van der Waals surface area contributed by atoms with Crippen LogP contribution in [0.5, 0.6) is 0 Å². The maximum Gasteiger partial charge on any atom is 0.325 e. The molecule has 0 aliphatic rings. The number of fused-ring (bicyclic) bond motifs is 1. The third kappa shape index (κ3) is 2.32. The van der Waals surface area contributed by atoms with E-state index in [4.69, 9.17) is 16.3 Å². The molecule has 7 heteroatoms. The molecule has 2 aromatic rings. The second-order valence-corrected chi connectivity index (χ2v) is 5.00. The smallest absolute Gasteiger partial charge is 0.325 e. The Morgan fingerprint density at radius 1 is 1.53 bits per heavy atom. The molecule has 6 nitrogen and oxygen atoms in total. The maximum absolute atomic E-state index is 11.5. The number of rotatable bonds is 4. The van der Waals surface area contributed by atoms with E-state index >= 15 is 0 Å². The minimum Gasteiger partial charge on any atom is -0.468 e. The molecule has 0 amide bonds. The van der Waals surface area contributed by atoms with Gasteiger partial charge in [0.1, 0.15) is 17.9 Å². The van der Waals surface area contributed by atoms with Crippen molar-refractivity contribution in [3.8, 4) is 0 Å². The summed E-state index contributed by atoms with van der Waals surface area (Å²) < 4.78 is 8.22. The van der Waals surface area contributed by atoms with Crippen LogP contribution in [-0.2, 0) is 29.5 Å². The number of hydrogen-bond donors (Lipinski definition) is 0. The van der Waals surface area contributed by atoms with Crippen molar-refractivity contribution in [2.24, 2.45) is 7.05 Å². The number of alkyl halides is 1. The molecule has 0 bridgehead atoms. The Morgan fingerprint density at radius 2 is 2.21 bits per heavy atom. The molecule has 0 saturated heterocycles. The Balaban J connectivity index is 2.65. The lowest BCUT2D eigenvalue weighted by molar-refractivity contribution is -0.141. The third-order valence-electron chi connectivity index (χ3n) is 3.03. The van der Waals surface area contributed by atoms with Gasteiger partial charge in [-0.1, -0.05) is 6.92 Å². The van der Waals surface area contributed by atoms with Crippen LogP contribution in [0.15, 0.2) is 0 Å². The lowest BCUT2D eigenvalue weighted by Gasteiger charge is -2.09. The molecule has 1 unspecified atom stereocenters. The zero-order valence-corrected chi connectivity index (χ0v) is 12.2. The van der Waals surface area contributed by atoms with Crippen molar-refractivity contribution in [2.45, 2.75) is 32.2 Å². The van der Waals surface area contributed by atoms with Gasteiger partial charge in [-0.3, -0.25) is 9.48 Å². The van der Waals surface area contributed by atoms with Crippen molar-refractivity contribution >= 4 is 28.7 Å². The van der Waals surface area contributed by atoms with Gasteiger partial charge in [0.15, 0.2) is 5.65 Å². The van der Waals surface area contributed by atoms with Crippen LogP contribution in [0.2, 0.25) is 0 Å². The average Bonchev–Trinajstić information content (AvgIpc) is 2.88. The largest absolute Gasteiger partial charge is 0.468 e. The van der Waals surface area contributed by atoms with Gasteiger partial charge in [0.05, 0.1) is 18.2 Å². The fourth-order valence-corrected chi connectivity index (χ4v) is 2.32. The standard InChI is InChI=1S/C12H17ClN4O2/c1-5-8-10-12(16(3)15-8)17(6-9(18)19-4)11(14-10)7(2)13/h7H,5-6H2,1-4H3. The number of carbonyl (C=O) groups excluding carboxylic acids is 1. The molecule has 2 heterocycles. The highest BCUT2D eigenvalue weighted by Gasteiger charge is 2.22. The first-order valence-electron chi connectivity index (χ1n) is 6.12. The van der Waals surface area contributed by atoms with Gasteiger partial charge in [-0.2, -0.15) is 5.10 Å². The van der Waals surface area contributed by atoms with Crippen LogP contribution in [0.4, 0.5) is 0 Å². The Kier molecular flexibility index (Phi) is 3.80. The van der Waals surface area contributed by atoms with E-state index in [1.807, 2.05) is 20.9 Å². The predicted octanol–water partition coefficient (Wildman–Crippen LogP) is 1.80. The van der Waals surface area contributed by atoms with Gasteiger partial charge in [0.25, 0.3) is 0 Å². The summed E-state index contributed by atoms with van der Waals surface area (Å²) >= 11 is 6.15. The monoisotopic (exact) mass is 284 g/mol. The second kappa shape index (κ2) is 5.21. The van der Waals surface area contributed by atoms with Crippen molar-refractivity contribution in [3.63, 3.8) is 0 Å². The minimum atomic E-state index is -0.336. The molecule has 0 aliphatic carbocycles. The summed E-state index contributed by atoms with van der Waals surface area (Å²) in [6.45, 7) is 3.93. The van der Waals surface area contributed by atoms with Crippen molar-refractivity contribution in [1.29, 1.82) is 0 Å². The SMILES string of the molecule is CCc1nn(C)c2c1nc(C(C)Cl)n2CC(=O)OC. The fraction of sp³-hybridized carbons (Fsp3) is 0.583. The van der Waals surface area contributed by atoms with E-state index in [-0.39, 0.29) is 17.9 Å². The van der Waals surface area contributed by atoms with E-state index in [0.717, 1.165) is 23.3 Å². The number of imidazole rings is 1. The van der Waals surface area contributed by atoms with E-state index in [1.165, 1.54) is 7.11 Å². The predicted molar refractivity (Wildman–Crippen MR) is 72.2 cm³/mol. The van der Waals surface area contributed by atoms with Crippen LogP contribution in [0.1, 0.15) is 30.7 Å². The van der Waals surface area contributed by atoms with Gasteiger partial charge in [0.2, 0.25) is 0 Å². The maximum atomic E-state index is 11.5. The van der Waals surface area contributed by atoms with Crippen LogP contribution in [-0.4, -0.2) is 32.4 Å². The second-order valence-electron chi connectivity index (χ2n) is 4.34. The summed E-state index contributed by atoms with van der Waals surface area (Å²) in [4.78, 5) is 16.1. The molecule has 0 radical (unpaired) electrons. The quantitative estimate of drug-likeness (QED) is 0.634. The highest BCUT2D eigenvalue weighted by molar-refractivity contribution is 6.20. The number of carbonyl (C=O) groups is 1. The van der Waals surface area contributed by atoms with E-state index in [1.54, 1.807) is 9.25 Å². The first-order chi connectivity index (χ1) is 8.99. The van der Waals surface area contributed by atoms with Crippen LogP contribution in [0, 0.1) is 0 Å². The van der Waals surface area contributed by atoms with Crippen molar-refractivity contribution in [3.05, 3.63) is 11.5 Å². The number of esters is 1. The zero-order chi connectivity index (χ0) is 14.2. The third-order valence-corrected chi connectivity index (χ3v) is 3.22. The molecule has 2 aromatic heterocycles. The summed E-state index contributed by atoms with van der Waals surface area (Å²) in [5.41, 5.74) is 2.50.